The Morgan fingerprint density at radius 3 is 2.38 bits per heavy atom. The standard InChI is InChI=1S/C24H28N4O4/c29-20-6-7-21(30)28(20)15-22(31)27-11-3-8-24(16-27)9-12-26(13-10-24)23(32)19-14-17-4-1-2-5-18(17)25-19/h1-2,4-5,14,25H,3,6-13,15-16H2. The molecule has 32 heavy (non-hydrogen) atoms. The lowest BCUT2D eigenvalue weighted by molar-refractivity contribution is -0.147. The Kier molecular flexibility index (Phi) is 5.23. The predicted octanol–water partition coefficient (Wildman–Crippen LogP) is 2.16. The quantitative estimate of drug-likeness (QED) is 0.746. The fourth-order valence-corrected chi connectivity index (χ4v) is 5.41. The first-order chi connectivity index (χ1) is 15.4. The number of H-pyrrole nitrogens is 1. The number of nitrogens with one attached hydrogen (secondary N) is 1. The molecule has 0 radical (unpaired) electrons. The lowest BCUT2D eigenvalue weighted by atomic mass is 9.72. The lowest BCUT2D eigenvalue weighted by Gasteiger charge is -2.47. The third-order valence-corrected chi connectivity index (χ3v) is 7.33. The van der Waals surface area contributed by atoms with E-state index in [9.17, 15) is 19.2 Å². The van der Waals surface area contributed by atoms with Crippen molar-refractivity contribution in [2.24, 2.45) is 5.41 Å². The minimum Gasteiger partial charge on any atom is -0.351 e. The molecule has 3 aliphatic heterocycles. The van der Waals surface area contributed by atoms with Crippen molar-refractivity contribution in [3.05, 3.63) is 36.0 Å². The van der Waals surface area contributed by atoms with Crippen molar-refractivity contribution in [3.63, 3.8) is 0 Å². The largest absolute Gasteiger partial charge is 0.351 e. The topological polar surface area (TPSA) is 93.8 Å². The maximum Gasteiger partial charge on any atom is 0.270 e. The van der Waals surface area contributed by atoms with Crippen LogP contribution in [0.15, 0.2) is 30.3 Å². The second-order valence-corrected chi connectivity index (χ2v) is 9.35. The van der Waals surface area contributed by atoms with Crippen LogP contribution in [0.4, 0.5) is 0 Å². The van der Waals surface area contributed by atoms with Crippen LogP contribution in [-0.4, -0.2) is 76.0 Å². The molecule has 0 aliphatic carbocycles. The van der Waals surface area contributed by atoms with Crippen LogP contribution in [0.3, 0.4) is 0 Å². The summed E-state index contributed by atoms with van der Waals surface area (Å²) in [6, 6.07) is 9.77. The van der Waals surface area contributed by atoms with Gasteiger partial charge in [-0.25, -0.2) is 0 Å². The monoisotopic (exact) mass is 436 g/mol. The van der Waals surface area contributed by atoms with Gasteiger partial charge in [-0.15, -0.1) is 0 Å². The van der Waals surface area contributed by atoms with Gasteiger partial charge in [-0.1, -0.05) is 18.2 Å². The second-order valence-electron chi connectivity index (χ2n) is 9.35. The van der Waals surface area contributed by atoms with E-state index in [-0.39, 0.29) is 48.4 Å². The minimum absolute atomic E-state index is 0.00413. The number of likely N-dealkylation sites (tertiary alicyclic amines) is 3. The van der Waals surface area contributed by atoms with Crippen LogP contribution in [0, 0.1) is 5.41 Å². The van der Waals surface area contributed by atoms with E-state index in [1.54, 1.807) is 0 Å². The third-order valence-electron chi connectivity index (χ3n) is 7.33. The second kappa shape index (κ2) is 8.07. The molecule has 4 amide bonds. The number of aromatic nitrogens is 1. The summed E-state index contributed by atoms with van der Waals surface area (Å²) in [5, 5.41) is 1.03. The molecule has 8 nitrogen and oxygen atoms in total. The van der Waals surface area contributed by atoms with Crippen LogP contribution < -0.4 is 0 Å². The predicted molar refractivity (Wildman–Crippen MR) is 118 cm³/mol. The Hall–Kier alpha value is -3.16. The SMILES string of the molecule is O=C(CN1C(=O)CCC1=O)N1CCCC2(CCN(C(=O)c3cc4ccccc4[nH]3)CC2)C1. The van der Waals surface area contributed by atoms with Crippen LogP contribution in [0.25, 0.3) is 10.9 Å². The number of nitrogens with zero attached hydrogens (tertiary/aromatic N) is 3. The molecule has 0 saturated carbocycles. The van der Waals surface area contributed by atoms with Crippen LogP contribution >= 0.6 is 0 Å². The molecule has 3 fully saturated rings. The fourth-order valence-electron chi connectivity index (χ4n) is 5.41. The zero-order valence-corrected chi connectivity index (χ0v) is 18.1. The molecule has 0 unspecified atom stereocenters. The van der Waals surface area contributed by atoms with Crippen LogP contribution in [0.5, 0.6) is 0 Å². The lowest BCUT2D eigenvalue weighted by Crippen LogP contribution is -2.53. The summed E-state index contributed by atoms with van der Waals surface area (Å²) < 4.78 is 0. The number of benzene rings is 1. The van der Waals surface area contributed by atoms with E-state index < -0.39 is 0 Å². The van der Waals surface area contributed by atoms with Crippen LogP contribution in [-0.2, 0) is 14.4 Å². The van der Waals surface area contributed by atoms with Gasteiger partial charge in [0, 0.05) is 49.9 Å². The molecule has 2 aromatic rings. The summed E-state index contributed by atoms with van der Waals surface area (Å²) in [4.78, 5) is 57.6. The third kappa shape index (κ3) is 3.78. The van der Waals surface area contributed by atoms with Gasteiger partial charge >= 0.3 is 0 Å². The van der Waals surface area contributed by atoms with Gasteiger partial charge in [0.05, 0.1) is 0 Å². The highest BCUT2D eigenvalue weighted by atomic mass is 16.2. The van der Waals surface area contributed by atoms with Crippen LogP contribution in [0.1, 0.15) is 49.0 Å². The first-order valence-corrected chi connectivity index (χ1v) is 11.4. The smallest absolute Gasteiger partial charge is 0.270 e. The van der Waals surface area contributed by atoms with Gasteiger partial charge < -0.3 is 14.8 Å². The fraction of sp³-hybridized carbons (Fsp3) is 0.500. The van der Waals surface area contributed by atoms with Crippen molar-refractivity contribution in [1.82, 2.24) is 19.7 Å². The number of imide groups is 1. The zero-order chi connectivity index (χ0) is 22.3. The number of para-hydroxylation sites is 1. The number of aromatic amines is 1. The first-order valence-electron chi connectivity index (χ1n) is 11.4. The van der Waals surface area contributed by atoms with Crippen LogP contribution in [0.2, 0.25) is 0 Å². The van der Waals surface area contributed by atoms with Gasteiger partial charge in [-0.3, -0.25) is 24.1 Å². The highest BCUT2D eigenvalue weighted by Gasteiger charge is 2.41. The molecule has 5 rings (SSSR count). The Bertz CT molecular complexity index is 1030. The van der Waals surface area contributed by atoms with Gasteiger partial charge in [0.1, 0.15) is 12.2 Å². The molecule has 0 bridgehead atoms. The van der Waals surface area contributed by atoms with Gasteiger partial charge in [-0.2, -0.15) is 0 Å². The van der Waals surface area contributed by atoms with E-state index in [1.165, 1.54) is 0 Å². The first kappa shape index (κ1) is 20.7. The van der Waals surface area contributed by atoms with E-state index in [0.717, 1.165) is 41.5 Å². The van der Waals surface area contributed by atoms with Crippen molar-refractivity contribution in [1.29, 1.82) is 0 Å². The van der Waals surface area contributed by atoms with E-state index >= 15 is 0 Å². The van der Waals surface area contributed by atoms with E-state index in [2.05, 4.69) is 4.98 Å². The highest BCUT2D eigenvalue weighted by molar-refractivity contribution is 6.04. The Balaban J connectivity index is 1.20. The Labute approximate surface area is 186 Å². The molecule has 3 aliphatic rings. The van der Waals surface area contributed by atoms with Crippen molar-refractivity contribution >= 4 is 34.5 Å². The number of hydrogen-bond acceptors (Lipinski definition) is 4. The minimum atomic E-state index is -0.251. The van der Waals surface area contributed by atoms with E-state index in [1.807, 2.05) is 40.1 Å². The summed E-state index contributed by atoms with van der Waals surface area (Å²) in [6.45, 7) is 2.49. The molecule has 1 spiro atoms. The number of piperidine rings is 2. The van der Waals surface area contributed by atoms with Gasteiger partial charge in [0.15, 0.2) is 0 Å². The highest BCUT2D eigenvalue weighted by Crippen LogP contribution is 2.40. The molecule has 1 aromatic carbocycles. The molecular formula is C24H28N4O4. The molecule has 4 heterocycles. The molecule has 8 heteroatoms. The molecule has 168 valence electrons. The number of rotatable bonds is 3. The van der Waals surface area contributed by atoms with Gasteiger partial charge in [0.25, 0.3) is 5.91 Å². The maximum atomic E-state index is 13.0. The van der Waals surface area contributed by atoms with Gasteiger partial charge in [-0.05, 0) is 43.2 Å². The summed E-state index contributed by atoms with van der Waals surface area (Å²) in [7, 11) is 0. The van der Waals surface area contributed by atoms with Crippen molar-refractivity contribution in [3.8, 4) is 0 Å². The van der Waals surface area contributed by atoms with Gasteiger partial charge in [0.2, 0.25) is 17.7 Å². The average molecular weight is 437 g/mol. The number of carbonyl (C=O) groups excluding carboxylic acids is 4. The maximum absolute atomic E-state index is 13.0. The average Bonchev–Trinajstić information content (AvgIpc) is 3.38. The van der Waals surface area contributed by atoms with Crippen molar-refractivity contribution in [2.45, 2.75) is 38.5 Å². The number of fused-ring (bicyclic) bond motifs is 1. The molecule has 0 atom stereocenters. The Morgan fingerprint density at radius 2 is 1.66 bits per heavy atom. The summed E-state index contributed by atoms with van der Waals surface area (Å²) in [5.74, 6) is -0.632. The zero-order valence-electron chi connectivity index (χ0n) is 18.1. The van der Waals surface area contributed by atoms with Crippen molar-refractivity contribution < 1.29 is 19.2 Å². The molecule has 3 saturated heterocycles. The molecule has 1 N–H and O–H groups in total. The van der Waals surface area contributed by atoms with E-state index in [0.29, 0.717) is 31.9 Å². The summed E-state index contributed by atoms with van der Waals surface area (Å²) in [6.07, 6.45) is 4.05. The van der Waals surface area contributed by atoms with Crippen molar-refractivity contribution in [2.75, 3.05) is 32.7 Å². The normalized spacial score (nSPS) is 21.1. The van der Waals surface area contributed by atoms with E-state index in [4.69, 9.17) is 0 Å². The Morgan fingerprint density at radius 1 is 0.938 bits per heavy atom. The number of hydrogen-bond donors (Lipinski definition) is 1. The number of amides is 4. The molecule has 1 aromatic heterocycles. The number of carbonyl (C=O) groups is 4. The summed E-state index contributed by atoms with van der Waals surface area (Å²) in [5.41, 5.74) is 1.58. The summed E-state index contributed by atoms with van der Waals surface area (Å²) >= 11 is 0. The molecular weight excluding hydrogens is 408 g/mol.